The lowest BCUT2D eigenvalue weighted by molar-refractivity contribution is -0.141. The van der Waals surface area contributed by atoms with E-state index in [0.717, 1.165) is 11.1 Å². The summed E-state index contributed by atoms with van der Waals surface area (Å²) in [6, 6.07) is 4.75. The SMILES string of the molecule is COC(=O)CC(NCCO)C(=O)c1ccc(C)c(C)c1. The first-order valence-electron chi connectivity index (χ1n) is 6.52. The van der Waals surface area contributed by atoms with Crippen LogP contribution in [0.4, 0.5) is 0 Å². The summed E-state index contributed by atoms with van der Waals surface area (Å²) >= 11 is 0. The molecule has 0 radical (unpaired) electrons. The molecular formula is C15H21NO4. The smallest absolute Gasteiger partial charge is 0.307 e. The van der Waals surface area contributed by atoms with Crippen LogP contribution in [0.15, 0.2) is 18.2 Å². The molecular weight excluding hydrogens is 258 g/mol. The molecule has 1 aromatic carbocycles. The Kier molecular flexibility index (Phi) is 6.35. The van der Waals surface area contributed by atoms with Gasteiger partial charge in [-0.25, -0.2) is 0 Å². The van der Waals surface area contributed by atoms with E-state index in [4.69, 9.17) is 5.11 Å². The first-order chi connectivity index (χ1) is 9.49. The molecule has 0 heterocycles. The number of hydrogen-bond donors (Lipinski definition) is 2. The monoisotopic (exact) mass is 279 g/mol. The van der Waals surface area contributed by atoms with E-state index >= 15 is 0 Å². The highest BCUT2D eigenvalue weighted by Gasteiger charge is 2.23. The van der Waals surface area contributed by atoms with Crippen LogP contribution in [0.1, 0.15) is 27.9 Å². The van der Waals surface area contributed by atoms with Gasteiger partial charge in [0.2, 0.25) is 0 Å². The molecule has 1 rings (SSSR count). The lowest BCUT2D eigenvalue weighted by Crippen LogP contribution is -2.40. The molecule has 0 amide bonds. The number of esters is 1. The Morgan fingerprint density at radius 2 is 2.00 bits per heavy atom. The van der Waals surface area contributed by atoms with Gasteiger partial charge in [0.05, 0.1) is 26.2 Å². The minimum atomic E-state index is -0.684. The highest BCUT2D eigenvalue weighted by atomic mass is 16.5. The number of carbonyl (C=O) groups is 2. The Balaban J connectivity index is 2.90. The van der Waals surface area contributed by atoms with Crippen molar-refractivity contribution < 1.29 is 19.4 Å². The predicted molar refractivity (Wildman–Crippen MR) is 75.8 cm³/mol. The summed E-state index contributed by atoms with van der Waals surface area (Å²) in [5.74, 6) is -0.635. The molecule has 1 atom stereocenters. The second kappa shape index (κ2) is 7.77. The summed E-state index contributed by atoms with van der Waals surface area (Å²) in [6.07, 6.45) is -0.0533. The number of ketones is 1. The molecule has 110 valence electrons. The fraction of sp³-hybridized carbons (Fsp3) is 0.467. The van der Waals surface area contributed by atoms with E-state index < -0.39 is 12.0 Å². The molecule has 0 saturated heterocycles. The minimum absolute atomic E-state index is 0.0533. The van der Waals surface area contributed by atoms with Crippen LogP contribution in [0, 0.1) is 13.8 Å². The third kappa shape index (κ3) is 4.43. The molecule has 2 N–H and O–H groups in total. The maximum Gasteiger partial charge on any atom is 0.307 e. The van der Waals surface area contributed by atoms with Crippen molar-refractivity contribution >= 4 is 11.8 Å². The van der Waals surface area contributed by atoms with E-state index in [1.165, 1.54) is 7.11 Å². The van der Waals surface area contributed by atoms with Crippen molar-refractivity contribution in [1.29, 1.82) is 0 Å². The summed E-state index contributed by atoms with van der Waals surface area (Å²) in [5, 5.41) is 11.7. The molecule has 5 heteroatoms. The second-order valence-corrected chi connectivity index (χ2v) is 4.67. The first kappa shape index (κ1) is 16.3. The van der Waals surface area contributed by atoms with Gasteiger partial charge in [-0.15, -0.1) is 0 Å². The van der Waals surface area contributed by atoms with Gasteiger partial charge in [-0.2, -0.15) is 0 Å². The van der Waals surface area contributed by atoms with E-state index in [2.05, 4.69) is 10.1 Å². The van der Waals surface area contributed by atoms with E-state index in [1.54, 1.807) is 6.07 Å². The fourth-order valence-corrected chi connectivity index (χ4v) is 1.84. The molecule has 1 aromatic rings. The fourth-order valence-electron chi connectivity index (χ4n) is 1.84. The number of aryl methyl sites for hydroxylation is 2. The molecule has 1 unspecified atom stereocenters. The molecule has 5 nitrogen and oxygen atoms in total. The maximum absolute atomic E-state index is 12.4. The van der Waals surface area contributed by atoms with Gasteiger partial charge in [-0.3, -0.25) is 9.59 Å². The number of benzene rings is 1. The van der Waals surface area contributed by atoms with Crippen LogP contribution in [0.5, 0.6) is 0 Å². The summed E-state index contributed by atoms with van der Waals surface area (Å²) in [5.41, 5.74) is 2.68. The molecule has 0 saturated carbocycles. The number of aliphatic hydroxyl groups is 1. The topological polar surface area (TPSA) is 75.6 Å². The molecule has 0 aliphatic rings. The molecule has 0 spiro atoms. The van der Waals surface area contributed by atoms with Gasteiger partial charge in [0.25, 0.3) is 0 Å². The number of rotatable bonds is 7. The molecule has 0 aromatic heterocycles. The summed E-state index contributed by atoms with van der Waals surface area (Å²) in [7, 11) is 1.28. The standard InChI is InChI=1S/C15H21NO4/c1-10-4-5-12(8-11(10)2)15(19)13(16-6-7-17)9-14(18)20-3/h4-5,8,13,16-17H,6-7,9H2,1-3H3. The molecule has 0 fully saturated rings. The van der Waals surface area contributed by atoms with Crippen LogP contribution in [-0.4, -0.2) is 43.2 Å². The second-order valence-electron chi connectivity index (χ2n) is 4.67. The van der Waals surface area contributed by atoms with Crippen molar-refractivity contribution in [1.82, 2.24) is 5.32 Å². The summed E-state index contributed by atoms with van der Waals surface area (Å²) in [4.78, 5) is 23.8. The van der Waals surface area contributed by atoms with Crippen molar-refractivity contribution in [2.75, 3.05) is 20.3 Å². The Morgan fingerprint density at radius 3 is 2.55 bits per heavy atom. The molecule has 0 aliphatic heterocycles. The Hall–Kier alpha value is -1.72. The third-order valence-corrected chi connectivity index (χ3v) is 3.21. The van der Waals surface area contributed by atoms with Gasteiger partial charge in [-0.1, -0.05) is 12.1 Å². The van der Waals surface area contributed by atoms with E-state index in [9.17, 15) is 9.59 Å². The van der Waals surface area contributed by atoms with Gasteiger partial charge >= 0.3 is 5.97 Å². The Bertz CT molecular complexity index is 485. The Morgan fingerprint density at radius 1 is 1.30 bits per heavy atom. The number of aliphatic hydroxyl groups excluding tert-OH is 1. The molecule has 0 aliphatic carbocycles. The van der Waals surface area contributed by atoms with Gasteiger partial charge in [0.1, 0.15) is 0 Å². The van der Waals surface area contributed by atoms with Crippen molar-refractivity contribution in [2.45, 2.75) is 26.3 Å². The quantitative estimate of drug-likeness (QED) is 0.575. The highest BCUT2D eigenvalue weighted by molar-refractivity contribution is 6.02. The van der Waals surface area contributed by atoms with Crippen molar-refractivity contribution in [2.24, 2.45) is 0 Å². The number of Topliss-reactive ketones (excluding diaryl/α,β-unsaturated/α-hetero) is 1. The summed E-state index contributed by atoms with van der Waals surface area (Å²) in [6.45, 7) is 4.05. The lowest BCUT2D eigenvalue weighted by atomic mass is 9.98. The van der Waals surface area contributed by atoms with Crippen molar-refractivity contribution in [3.8, 4) is 0 Å². The number of ether oxygens (including phenoxy) is 1. The van der Waals surface area contributed by atoms with Gasteiger partial charge < -0.3 is 15.2 Å². The van der Waals surface area contributed by atoms with Crippen molar-refractivity contribution in [3.63, 3.8) is 0 Å². The minimum Gasteiger partial charge on any atom is -0.469 e. The van der Waals surface area contributed by atoms with Crippen LogP contribution in [0.25, 0.3) is 0 Å². The lowest BCUT2D eigenvalue weighted by Gasteiger charge is -2.16. The van der Waals surface area contributed by atoms with Gasteiger partial charge in [0.15, 0.2) is 5.78 Å². The maximum atomic E-state index is 12.4. The largest absolute Gasteiger partial charge is 0.469 e. The summed E-state index contributed by atoms with van der Waals surface area (Å²) < 4.78 is 4.60. The number of hydrogen-bond acceptors (Lipinski definition) is 5. The predicted octanol–water partition coefficient (Wildman–Crippen LogP) is 1.000. The average Bonchev–Trinajstić information content (AvgIpc) is 2.45. The van der Waals surface area contributed by atoms with Gasteiger partial charge in [-0.05, 0) is 31.0 Å². The van der Waals surface area contributed by atoms with Crippen LogP contribution in [-0.2, 0) is 9.53 Å². The highest BCUT2D eigenvalue weighted by Crippen LogP contribution is 2.13. The van der Waals surface area contributed by atoms with E-state index in [1.807, 2.05) is 26.0 Å². The molecule has 20 heavy (non-hydrogen) atoms. The zero-order valence-corrected chi connectivity index (χ0v) is 12.1. The normalized spacial score (nSPS) is 12.0. The third-order valence-electron chi connectivity index (χ3n) is 3.21. The van der Waals surface area contributed by atoms with E-state index in [-0.39, 0.29) is 25.4 Å². The van der Waals surface area contributed by atoms with Crippen LogP contribution < -0.4 is 5.32 Å². The molecule has 0 bridgehead atoms. The zero-order valence-electron chi connectivity index (χ0n) is 12.1. The number of methoxy groups -OCH3 is 1. The van der Waals surface area contributed by atoms with Crippen LogP contribution in [0.2, 0.25) is 0 Å². The number of nitrogens with one attached hydrogen (secondary N) is 1. The van der Waals surface area contributed by atoms with Crippen molar-refractivity contribution in [3.05, 3.63) is 34.9 Å². The zero-order chi connectivity index (χ0) is 15.1. The number of carbonyl (C=O) groups excluding carboxylic acids is 2. The average molecular weight is 279 g/mol. The van der Waals surface area contributed by atoms with Gasteiger partial charge in [0, 0.05) is 12.1 Å². The van der Waals surface area contributed by atoms with E-state index in [0.29, 0.717) is 5.56 Å². The van der Waals surface area contributed by atoms with Crippen LogP contribution >= 0.6 is 0 Å². The Labute approximate surface area is 118 Å². The van der Waals surface area contributed by atoms with Crippen LogP contribution in [0.3, 0.4) is 0 Å². The first-order valence-corrected chi connectivity index (χ1v) is 6.52.